The van der Waals surface area contributed by atoms with E-state index in [0.717, 1.165) is 23.7 Å². The van der Waals surface area contributed by atoms with Crippen LogP contribution < -0.4 is 9.64 Å². The van der Waals surface area contributed by atoms with Crippen molar-refractivity contribution in [2.75, 3.05) is 38.2 Å². The molecule has 37 heavy (non-hydrogen) atoms. The molecule has 1 aromatic carbocycles. The molecule has 3 aromatic rings. The second kappa shape index (κ2) is 9.16. The molecule has 0 radical (unpaired) electrons. The Balaban J connectivity index is 1.41. The van der Waals surface area contributed by atoms with Crippen molar-refractivity contribution in [3.8, 4) is 11.8 Å². The van der Waals surface area contributed by atoms with Crippen molar-refractivity contribution in [2.24, 2.45) is 0 Å². The van der Waals surface area contributed by atoms with Crippen molar-refractivity contribution in [3.05, 3.63) is 35.5 Å². The predicted molar refractivity (Wildman–Crippen MR) is 141 cm³/mol. The lowest BCUT2D eigenvalue weighted by Gasteiger charge is -2.44. The topological polar surface area (TPSA) is 106 Å². The maximum Gasteiger partial charge on any atom is 0.410 e. The summed E-state index contributed by atoms with van der Waals surface area (Å²) in [5, 5.41) is 15.9. The first-order valence-corrected chi connectivity index (χ1v) is 12.8. The molecule has 5 rings (SSSR count). The fourth-order valence-electron chi connectivity index (χ4n) is 5.23. The summed E-state index contributed by atoms with van der Waals surface area (Å²) in [6.45, 7) is 12.0. The second-order valence-corrected chi connectivity index (χ2v) is 11.5. The third kappa shape index (κ3) is 5.20. The van der Waals surface area contributed by atoms with Crippen LogP contribution in [0.2, 0.25) is 0 Å². The summed E-state index contributed by atoms with van der Waals surface area (Å²) in [7, 11) is 1.54. The van der Waals surface area contributed by atoms with E-state index in [1.54, 1.807) is 7.11 Å². The molecule has 1 N–H and O–H groups in total. The number of carbonyl (C=O) groups excluding carboxylic acids is 1. The Morgan fingerprint density at radius 1 is 1.11 bits per heavy atom. The number of β-amino-alcohol motifs (C(OH)–C–C–N with tert-alkyl or cyclic N) is 1. The highest BCUT2D eigenvalue weighted by Crippen LogP contribution is 2.34. The molecule has 2 aliphatic heterocycles. The molecule has 2 fully saturated rings. The van der Waals surface area contributed by atoms with Gasteiger partial charge in [0.1, 0.15) is 11.4 Å². The molecule has 0 bridgehead atoms. The Morgan fingerprint density at radius 3 is 2.41 bits per heavy atom. The average Bonchev–Trinajstić information content (AvgIpc) is 3.23. The third-order valence-electron chi connectivity index (χ3n) is 7.01. The molecule has 0 spiro atoms. The van der Waals surface area contributed by atoms with Gasteiger partial charge in [0.25, 0.3) is 0 Å². The van der Waals surface area contributed by atoms with Gasteiger partial charge in [-0.2, -0.15) is 15.1 Å². The van der Waals surface area contributed by atoms with Crippen LogP contribution in [0.5, 0.6) is 6.01 Å². The number of anilines is 1. The van der Waals surface area contributed by atoms with E-state index in [4.69, 9.17) is 9.47 Å². The molecule has 0 unspecified atom stereocenters. The van der Waals surface area contributed by atoms with E-state index < -0.39 is 11.2 Å². The van der Waals surface area contributed by atoms with Gasteiger partial charge in [-0.05, 0) is 76.6 Å². The number of hydrogen-bond donors (Lipinski definition) is 1. The molecule has 1 amide bonds. The van der Waals surface area contributed by atoms with E-state index in [1.165, 1.54) is 11.1 Å². The Kier molecular flexibility index (Phi) is 6.26. The summed E-state index contributed by atoms with van der Waals surface area (Å²) in [6, 6.07) is 6.50. The molecule has 2 saturated heterocycles. The number of fused-ring (bicyclic) bond motifs is 1. The predicted octanol–water partition coefficient (Wildman–Crippen LogP) is 3.82. The SMILES string of the molecule is COc1nc(N2CC(C)(O)C2)cc(-n2ncc3cc(C)c(C4CCN(C(=O)OC(C)(C)C)CC4)cc32)n1. The first-order valence-electron chi connectivity index (χ1n) is 12.8. The van der Waals surface area contributed by atoms with Crippen LogP contribution in [-0.4, -0.2) is 80.3 Å². The third-order valence-corrected chi connectivity index (χ3v) is 7.01. The van der Waals surface area contributed by atoms with Gasteiger partial charge in [-0.15, -0.1) is 0 Å². The Bertz CT molecular complexity index is 1310. The number of nitrogens with zero attached hydrogens (tertiary/aromatic N) is 6. The van der Waals surface area contributed by atoms with Gasteiger partial charge in [0, 0.05) is 37.6 Å². The number of aryl methyl sites for hydroxylation is 1. The van der Waals surface area contributed by atoms with E-state index in [2.05, 4.69) is 34.1 Å². The van der Waals surface area contributed by atoms with E-state index >= 15 is 0 Å². The van der Waals surface area contributed by atoms with Gasteiger partial charge in [0.05, 0.1) is 24.4 Å². The normalized spacial score (nSPS) is 18.1. The van der Waals surface area contributed by atoms with Crippen molar-refractivity contribution in [3.63, 3.8) is 0 Å². The lowest BCUT2D eigenvalue weighted by Crippen LogP contribution is -2.60. The Labute approximate surface area is 217 Å². The second-order valence-electron chi connectivity index (χ2n) is 11.5. The summed E-state index contributed by atoms with van der Waals surface area (Å²) < 4.78 is 12.8. The van der Waals surface area contributed by atoms with Crippen molar-refractivity contribution in [2.45, 2.75) is 64.6 Å². The van der Waals surface area contributed by atoms with Gasteiger partial charge < -0.3 is 24.4 Å². The zero-order valence-electron chi connectivity index (χ0n) is 22.5. The van der Waals surface area contributed by atoms with Crippen LogP contribution in [-0.2, 0) is 4.74 Å². The number of likely N-dealkylation sites (tertiary alicyclic amines) is 1. The van der Waals surface area contributed by atoms with Gasteiger partial charge in [-0.25, -0.2) is 9.48 Å². The van der Waals surface area contributed by atoms with E-state index in [0.29, 0.717) is 43.7 Å². The molecule has 10 nitrogen and oxygen atoms in total. The molecule has 0 aliphatic carbocycles. The van der Waals surface area contributed by atoms with Crippen LogP contribution in [0.3, 0.4) is 0 Å². The lowest BCUT2D eigenvalue weighted by atomic mass is 9.86. The first kappa shape index (κ1) is 25.3. The van der Waals surface area contributed by atoms with E-state index in [-0.39, 0.29) is 12.1 Å². The Morgan fingerprint density at radius 2 is 1.78 bits per heavy atom. The standard InChI is InChI=1S/C27H36N6O4/c1-17-11-19-14-28-33(23-13-22(29-24(30-23)36-6)32-15-27(5,35)16-32)21(19)12-20(17)18-7-9-31(10-8-18)25(34)37-26(2,3)4/h11-14,18,35H,7-10,15-16H2,1-6H3. The zero-order chi connectivity index (χ0) is 26.5. The molecule has 10 heteroatoms. The highest BCUT2D eigenvalue weighted by Gasteiger charge is 2.38. The number of methoxy groups -OCH3 is 1. The molecular formula is C27H36N6O4. The van der Waals surface area contributed by atoms with E-state index in [1.807, 2.05) is 54.4 Å². The minimum Gasteiger partial charge on any atom is -0.467 e. The molecule has 0 saturated carbocycles. The van der Waals surface area contributed by atoms with Crippen LogP contribution in [0.4, 0.5) is 10.6 Å². The molecule has 2 aromatic heterocycles. The quantitative estimate of drug-likeness (QED) is 0.567. The van der Waals surface area contributed by atoms with Crippen LogP contribution in [0, 0.1) is 6.92 Å². The highest BCUT2D eigenvalue weighted by atomic mass is 16.6. The number of aromatic nitrogens is 4. The fraction of sp³-hybridized carbons (Fsp3) is 0.556. The summed E-state index contributed by atoms with van der Waals surface area (Å²) in [4.78, 5) is 25.3. The van der Waals surface area contributed by atoms with Gasteiger partial charge in [-0.3, -0.25) is 0 Å². The minimum absolute atomic E-state index is 0.242. The summed E-state index contributed by atoms with van der Waals surface area (Å²) in [6.07, 6.45) is 3.36. The summed E-state index contributed by atoms with van der Waals surface area (Å²) >= 11 is 0. The minimum atomic E-state index is -0.720. The largest absolute Gasteiger partial charge is 0.467 e. The highest BCUT2D eigenvalue weighted by molar-refractivity contribution is 5.82. The Hall–Kier alpha value is -3.40. The number of ether oxygens (including phenoxy) is 2. The maximum absolute atomic E-state index is 12.5. The number of rotatable bonds is 4. The number of carbonyl (C=O) groups is 1. The molecule has 4 heterocycles. The van der Waals surface area contributed by atoms with Crippen molar-refractivity contribution < 1.29 is 19.4 Å². The van der Waals surface area contributed by atoms with Gasteiger partial charge in [0.15, 0.2) is 5.82 Å². The molecule has 0 atom stereocenters. The van der Waals surface area contributed by atoms with Crippen molar-refractivity contribution in [1.82, 2.24) is 24.6 Å². The number of benzene rings is 1. The van der Waals surface area contributed by atoms with Crippen LogP contribution in [0.25, 0.3) is 16.7 Å². The molecule has 2 aliphatic rings. The van der Waals surface area contributed by atoms with Gasteiger partial charge in [0.2, 0.25) is 0 Å². The van der Waals surface area contributed by atoms with Crippen LogP contribution >= 0.6 is 0 Å². The van der Waals surface area contributed by atoms with Gasteiger partial charge >= 0.3 is 12.1 Å². The zero-order valence-corrected chi connectivity index (χ0v) is 22.5. The maximum atomic E-state index is 12.5. The lowest BCUT2D eigenvalue weighted by molar-refractivity contribution is 0.0204. The fourth-order valence-corrected chi connectivity index (χ4v) is 5.23. The van der Waals surface area contributed by atoms with Crippen LogP contribution in [0.15, 0.2) is 24.4 Å². The van der Waals surface area contributed by atoms with Crippen molar-refractivity contribution in [1.29, 1.82) is 0 Å². The number of aliphatic hydroxyl groups is 1. The monoisotopic (exact) mass is 508 g/mol. The molecule has 198 valence electrons. The van der Waals surface area contributed by atoms with Crippen molar-refractivity contribution >= 4 is 22.8 Å². The smallest absolute Gasteiger partial charge is 0.410 e. The summed E-state index contributed by atoms with van der Waals surface area (Å²) in [5.41, 5.74) is 2.22. The first-order chi connectivity index (χ1) is 17.4. The molecular weight excluding hydrogens is 472 g/mol. The van der Waals surface area contributed by atoms with Crippen LogP contribution in [0.1, 0.15) is 57.6 Å². The number of hydrogen-bond acceptors (Lipinski definition) is 8. The van der Waals surface area contributed by atoms with Gasteiger partial charge in [-0.1, -0.05) is 0 Å². The average molecular weight is 509 g/mol. The number of piperidine rings is 1. The van der Waals surface area contributed by atoms with E-state index in [9.17, 15) is 9.90 Å². The number of amides is 1. The summed E-state index contributed by atoms with van der Waals surface area (Å²) in [5.74, 6) is 1.64.